The summed E-state index contributed by atoms with van der Waals surface area (Å²) in [5, 5.41) is 1.17. The van der Waals surface area contributed by atoms with Gasteiger partial charge in [0.15, 0.2) is 0 Å². The molecular formula is C24H44BrNO3S. The van der Waals surface area contributed by atoms with Crippen molar-refractivity contribution in [1.29, 1.82) is 0 Å². The minimum atomic E-state index is -4.27. The summed E-state index contributed by atoms with van der Waals surface area (Å²) >= 11 is 3.62. The Morgan fingerprint density at radius 1 is 0.767 bits per heavy atom. The highest BCUT2D eigenvalue weighted by Gasteiger charge is 2.25. The number of halogens is 1. The van der Waals surface area contributed by atoms with E-state index in [0.29, 0.717) is 0 Å². The van der Waals surface area contributed by atoms with E-state index in [1.807, 2.05) is 6.92 Å². The van der Waals surface area contributed by atoms with Crippen LogP contribution in [0, 0.1) is 6.92 Å². The van der Waals surface area contributed by atoms with Gasteiger partial charge in [-0.2, -0.15) is 0 Å². The normalized spacial score (nSPS) is 11.8. The fourth-order valence-electron chi connectivity index (χ4n) is 3.66. The van der Waals surface area contributed by atoms with Crippen LogP contribution in [-0.2, 0) is 10.1 Å². The summed E-state index contributed by atoms with van der Waals surface area (Å²) in [6, 6.07) is 5.78. The van der Waals surface area contributed by atoms with E-state index in [0.717, 1.165) is 5.56 Å². The van der Waals surface area contributed by atoms with Crippen LogP contribution in [0.4, 0.5) is 0 Å². The predicted molar refractivity (Wildman–Crippen MR) is 131 cm³/mol. The van der Waals surface area contributed by atoms with Crippen molar-refractivity contribution in [1.82, 2.24) is 0 Å². The van der Waals surface area contributed by atoms with Crippen molar-refractivity contribution in [2.45, 2.75) is 90.4 Å². The maximum absolute atomic E-state index is 10.4. The highest BCUT2D eigenvalue weighted by molar-refractivity contribution is 9.09. The topological polar surface area (TPSA) is 57.2 Å². The van der Waals surface area contributed by atoms with E-state index in [1.54, 1.807) is 12.1 Å². The Morgan fingerprint density at radius 3 is 1.60 bits per heavy atom. The van der Waals surface area contributed by atoms with Crippen LogP contribution in [0.15, 0.2) is 29.2 Å². The molecule has 1 rings (SSSR count). The molecule has 0 aromatic heterocycles. The first kappa shape index (κ1) is 29.6. The molecule has 0 spiro atoms. The molecule has 1 aromatic rings. The molecule has 0 radical (unpaired) electrons. The predicted octanol–water partition coefficient (Wildman–Crippen LogP) is 6.67. The van der Waals surface area contributed by atoms with Crippen LogP contribution in [0.25, 0.3) is 0 Å². The van der Waals surface area contributed by atoms with Crippen LogP contribution in [0.1, 0.15) is 84.1 Å². The highest BCUT2D eigenvalue weighted by atomic mass is 79.9. The fraction of sp³-hybridized carbons (Fsp3) is 0.750. The Morgan fingerprint density at radius 2 is 1.20 bits per heavy atom. The van der Waals surface area contributed by atoms with Crippen LogP contribution in [0.3, 0.4) is 0 Å². The highest BCUT2D eigenvalue weighted by Crippen LogP contribution is 2.17. The summed E-state index contributed by atoms with van der Waals surface area (Å²) in [5.74, 6) is 0. The number of benzene rings is 1. The van der Waals surface area contributed by atoms with Gasteiger partial charge in [-0.3, -0.25) is 0 Å². The quantitative estimate of drug-likeness (QED) is 0.116. The molecule has 0 fully saturated rings. The van der Waals surface area contributed by atoms with Crippen molar-refractivity contribution in [3.63, 3.8) is 0 Å². The molecule has 30 heavy (non-hydrogen) atoms. The first-order chi connectivity index (χ1) is 14.2. The molecule has 0 atom stereocenters. The largest absolute Gasteiger partial charge is 0.744 e. The SMILES string of the molecule is CCCCC[N+](CCCC)(CCCBr)CCCCC.Cc1ccc(S(=O)(=O)[O-])cc1. The van der Waals surface area contributed by atoms with E-state index in [4.69, 9.17) is 0 Å². The lowest BCUT2D eigenvalue weighted by molar-refractivity contribution is -0.928. The van der Waals surface area contributed by atoms with Crippen molar-refractivity contribution in [3.8, 4) is 0 Å². The van der Waals surface area contributed by atoms with Crippen molar-refractivity contribution in [2.24, 2.45) is 0 Å². The van der Waals surface area contributed by atoms with Gasteiger partial charge in [-0.25, -0.2) is 8.42 Å². The molecule has 6 heteroatoms. The minimum Gasteiger partial charge on any atom is -0.744 e. The number of alkyl halides is 1. The Hall–Kier alpha value is -0.430. The first-order valence-corrected chi connectivity index (χ1v) is 14.2. The number of unbranched alkanes of at least 4 members (excludes halogenated alkanes) is 5. The van der Waals surface area contributed by atoms with E-state index in [1.165, 1.54) is 106 Å². The molecule has 0 aliphatic carbocycles. The van der Waals surface area contributed by atoms with Crippen LogP contribution in [0.2, 0.25) is 0 Å². The molecule has 0 saturated carbocycles. The van der Waals surface area contributed by atoms with Gasteiger partial charge in [0, 0.05) is 11.8 Å². The number of aryl methyl sites for hydroxylation is 1. The Labute approximate surface area is 194 Å². The third-order valence-corrected chi connectivity index (χ3v) is 6.94. The number of hydrogen-bond donors (Lipinski definition) is 0. The lowest BCUT2D eigenvalue weighted by Gasteiger charge is -2.39. The van der Waals surface area contributed by atoms with E-state index in [2.05, 4.69) is 36.7 Å². The fourth-order valence-corrected chi connectivity index (χ4v) is 4.38. The zero-order valence-corrected chi connectivity index (χ0v) is 22.1. The number of nitrogens with zero attached hydrogens (tertiary/aromatic N) is 1. The van der Waals surface area contributed by atoms with Crippen LogP contribution in [0.5, 0.6) is 0 Å². The molecule has 0 saturated heterocycles. The Kier molecular flexibility index (Phi) is 16.9. The van der Waals surface area contributed by atoms with Gasteiger partial charge in [-0.05, 0) is 51.2 Å². The van der Waals surface area contributed by atoms with Crippen molar-refractivity contribution in [3.05, 3.63) is 29.8 Å². The second kappa shape index (κ2) is 17.2. The van der Waals surface area contributed by atoms with Gasteiger partial charge < -0.3 is 9.04 Å². The zero-order chi connectivity index (χ0) is 22.9. The molecule has 1 aromatic carbocycles. The van der Waals surface area contributed by atoms with E-state index in [9.17, 15) is 13.0 Å². The van der Waals surface area contributed by atoms with Gasteiger partial charge >= 0.3 is 0 Å². The van der Waals surface area contributed by atoms with Crippen LogP contribution in [-0.4, -0.2) is 49.0 Å². The summed E-state index contributed by atoms with van der Waals surface area (Å²) in [6.45, 7) is 14.4. The maximum atomic E-state index is 10.4. The summed E-state index contributed by atoms with van der Waals surface area (Å²) in [7, 11) is -4.27. The lowest BCUT2D eigenvalue weighted by Crippen LogP contribution is -2.50. The third kappa shape index (κ3) is 13.8. The maximum Gasteiger partial charge on any atom is 0.124 e. The molecular weight excluding hydrogens is 462 g/mol. The minimum absolute atomic E-state index is 0.178. The van der Waals surface area contributed by atoms with Crippen LogP contribution >= 0.6 is 15.9 Å². The van der Waals surface area contributed by atoms with Gasteiger partial charge in [0.2, 0.25) is 0 Å². The molecule has 0 heterocycles. The summed E-state index contributed by atoms with van der Waals surface area (Å²) in [6.07, 6.45) is 12.5. The van der Waals surface area contributed by atoms with Crippen molar-refractivity contribution < 1.29 is 17.5 Å². The lowest BCUT2D eigenvalue weighted by atomic mass is 10.1. The molecule has 0 amide bonds. The summed E-state index contributed by atoms with van der Waals surface area (Å²) < 4.78 is 32.6. The van der Waals surface area contributed by atoms with Crippen LogP contribution < -0.4 is 0 Å². The summed E-state index contributed by atoms with van der Waals surface area (Å²) in [5.41, 5.74) is 0.928. The average Bonchev–Trinajstić information content (AvgIpc) is 2.71. The average molecular weight is 507 g/mol. The Bertz CT molecular complexity index is 612. The smallest absolute Gasteiger partial charge is 0.124 e. The van der Waals surface area contributed by atoms with Gasteiger partial charge in [-0.15, -0.1) is 0 Å². The van der Waals surface area contributed by atoms with Crippen molar-refractivity contribution in [2.75, 3.05) is 31.5 Å². The van der Waals surface area contributed by atoms with Gasteiger partial charge in [0.1, 0.15) is 10.1 Å². The van der Waals surface area contributed by atoms with Crippen molar-refractivity contribution >= 4 is 26.0 Å². The number of rotatable bonds is 15. The Balaban J connectivity index is 0.000000642. The molecule has 0 unspecified atom stereocenters. The molecule has 0 N–H and O–H groups in total. The summed E-state index contributed by atoms with van der Waals surface area (Å²) in [4.78, 5) is -0.178. The third-order valence-electron chi connectivity index (χ3n) is 5.53. The van der Waals surface area contributed by atoms with Gasteiger partial charge in [0.25, 0.3) is 0 Å². The van der Waals surface area contributed by atoms with Gasteiger partial charge in [0.05, 0.1) is 31.1 Å². The van der Waals surface area contributed by atoms with E-state index in [-0.39, 0.29) is 4.90 Å². The van der Waals surface area contributed by atoms with E-state index < -0.39 is 10.1 Å². The first-order valence-electron chi connectivity index (χ1n) is 11.7. The molecule has 0 aliphatic heterocycles. The second-order valence-corrected chi connectivity index (χ2v) is 10.5. The molecule has 4 nitrogen and oxygen atoms in total. The number of quaternary nitrogens is 1. The molecule has 0 aliphatic rings. The monoisotopic (exact) mass is 505 g/mol. The van der Waals surface area contributed by atoms with Gasteiger partial charge in [-0.1, -0.05) is 73.7 Å². The standard InChI is InChI=1S/C17H37BrN.C7H8O3S/c1-4-7-10-15-19(14-9-6-3,17-12-13-18)16-11-8-5-2;1-6-2-4-7(5-3-6)11(8,9)10/h4-17H2,1-3H3;2-5H,1H3,(H,8,9,10)/q+1;/p-1. The molecule has 0 bridgehead atoms. The van der Waals surface area contributed by atoms with E-state index >= 15 is 0 Å². The second-order valence-electron chi connectivity index (χ2n) is 8.31. The zero-order valence-electron chi connectivity index (χ0n) is 19.7. The number of hydrogen-bond acceptors (Lipinski definition) is 3. The molecule has 176 valence electrons.